The molecular weight excluding hydrogens is 206 g/mol. The van der Waals surface area contributed by atoms with E-state index in [1.807, 2.05) is 11.4 Å². The van der Waals surface area contributed by atoms with Crippen LogP contribution in [-0.2, 0) is 6.42 Å². The van der Waals surface area contributed by atoms with E-state index in [-0.39, 0.29) is 0 Å². The van der Waals surface area contributed by atoms with Crippen molar-refractivity contribution in [3.05, 3.63) is 47.5 Å². The standard InChI is InChI=1S/C12H13NOS/c1-2-5-11(6-3-1)7-4-9-14-12-13-8-10-15-12/h1-3,5-6,8,10H,4,7,9H2. The summed E-state index contributed by atoms with van der Waals surface area (Å²) in [6.45, 7) is 0.738. The highest BCUT2D eigenvalue weighted by Gasteiger charge is 1.96. The largest absolute Gasteiger partial charge is 0.470 e. The van der Waals surface area contributed by atoms with Crippen LogP contribution in [0, 0.1) is 0 Å². The van der Waals surface area contributed by atoms with Gasteiger partial charge in [-0.15, -0.1) is 0 Å². The highest BCUT2D eigenvalue weighted by molar-refractivity contribution is 7.11. The number of hydrogen-bond acceptors (Lipinski definition) is 3. The quantitative estimate of drug-likeness (QED) is 0.721. The molecule has 3 heteroatoms. The van der Waals surface area contributed by atoms with Crippen molar-refractivity contribution in [2.75, 3.05) is 6.61 Å². The van der Waals surface area contributed by atoms with Crippen LogP contribution in [0.15, 0.2) is 41.9 Å². The number of rotatable bonds is 5. The molecule has 15 heavy (non-hydrogen) atoms. The minimum absolute atomic E-state index is 0.738. The number of thiazole rings is 1. The van der Waals surface area contributed by atoms with Crippen LogP contribution in [-0.4, -0.2) is 11.6 Å². The zero-order valence-corrected chi connectivity index (χ0v) is 9.24. The second-order valence-corrected chi connectivity index (χ2v) is 4.09. The van der Waals surface area contributed by atoms with Crippen LogP contribution < -0.4 is 4.74 Å². The monoisotopic (exact) mass is 219 g/mol. The fourth-order valence-corrected chi connectivity index (χ4v) is 1.87. The van der Waals surface area contributed by atoms with E-state index in [9.17, 15) is 0 Å². The van der Waals surface area contributed by atoms with Crippen LogP contribution in [0.4, 0.5) is 0 Å². The average molecular weight is 219 g/mol. The lowest BCUT2D eigenvalue weighted by molar-refractivity contribution is 0.309. The number of nitrogens with zero attached hydrogens (tertiary/aromatic N) is 1. The molecule has 0 saturated carbocycles. The Morgan fingerprint density at radius 1 is 1.20 bits per heavy atom. The highest BCUT2D eigenvalue weighted by Crippen LogP contribution is 2.13. The number of ether oxygens (including phenoxy) is 1. The molecule has 0 bridgehead atoms. The Bertz CT molecular complexity index is 372. The van der Waals surface area contributed by atoms with Crippen LogP contribution in [0.1, 0.15) is 12.0 Å². The second-order valence-electron chi connectivity index (χ2n) is 3.24. The molecule has 0 aliphatic heterocycles. The Kier molecular flexibility index (Phi) is 3.74. The van der Waals surface area contributed by atoms with Crippen molar-refractivity contribution in [1.29, 1.82) is 0 Å². The van der Waals surface area contributed by atoms with E-state index in [0.717, 1.165) is 24.6 Å². The van der Waals surface area contributed by atoms with Crippen molar-refractivity contribution in [2.45, 2.75) is 12.8 Å². The lowest BCUT2D eigenvalue weighted by atomic mass is 10.1. The molecule has 0 fully saturated rings. The van der Waals surface area contributed by atoms with Crippen molar-refractivity contribution >= 4 is 11.3 Å². The fourth-order valence-electron chi connectivity index (χ4n) is 1.36. The van der Waals surface area contributed by atoms with Crippen LogP contribution in [0.3, 0.4) is 0 Å². The summed E-state index contributed by atoms with van der Waals surface area (Å²) in [7, 11) is 0. The Morgan fingerprint density at radius 3 is 2.80 bits per heavy atom. The van der Waals surface area contributed by atoms with Gasteiger partial charge in [0.25, 0.3) is 5.19 Å². The summed E-state index contributed by atoms with van der Waals surface area (Å²) in [4.78, 5) is 4.06. The van der Waals surface area contributed by atoms with Gasteiger partial charge in [0, 0.05) is 11.6 Å². The zero-order chi connectivity index (χ0) is 10.3. The summed E-state index contributed by atoms with van der Waals surface area (Å²) in [6, 6.07) is 10.5. The number of hydrogen-bond donors (Lipinski definition) is 0. The summed E-state index contributed by atoms with van der Waals surface area (Å²) in [5, 5.41) is 2.69. The summed E-state index contributed by atoms with van der Waals surface area (Å²) >= 11 is 1.54. The highest BCUT2D eigenvalue weighted by atomic mass is 32.1. The Balaban J connectivity index is 1.68. The van der Waals surface area contributed by atoms with Crippen LogP contribution in [0.5, 0.6) is 5.19 Å². The molecule has 0 N–H and O–H groups in total. The SMILES string of the molecule is c1ccc(CCCOc2nccs2)cc1. The molecule has 0 amide bonds. The minimum atomic E-state index is 0.738. The van der Waals surface area contributed by atoms with Gasteiger partial charge < -0.3 is 4.74 Å². The van der Waals surface area contributed by atoms with E-state index in [2.05, 4.69) is 29.2 Å². The van der Waals surface area contributed by atoms with Gasteiger partial charge >= 0.3 is 0 Å². The first-order chi connectivity index (χ1) is 7.45. The smallest absolute Gasteiger partial charge is 0.273 e. The Labute approximate surface area is 93.6 Å². The molecule has 0 aliphatic carbocycles. The van der Waals surface area contributed by atoms with Gasteiger partial charge in [-0.1, -0.05) is 41.7 Å². The topological polar surface area (TPSA) is 22.1 Å². The first-order valence-electron chi connectivity index (χ1n) is 5.01. The van der Waals surface area contributed by atoms with Crippen molar-refractivity contribution in [3.8, 4) is 5.19 Å². The number of aryl methyl sites for hydroxylation is 1. The Morgan fingerprint density at radius 2 is 2.07 bits per heavy atom. The molecular formula is C12H13NOS. The molecule has 78 valence electrons. The molecule has 2 rings (SSSR count). The molecule has 0 atom stereocenters. The summed E-state index contributed by atoms with van der Waals surface area (Å²) in [5.74, 6) is 0. The van der Waals surface area contributed by atoms with E-state index in [4.69, 9.17) is 4.74 Å². The third-order valence-electron chi connectivity index (χ3n) is 2.09. The van der Waals surface area contributed by atoms with Gasteiger partial charge in [-0.2, -0.15) is 0 Å². The number of aromatic nitrogens is 1. The first-order valence-corrected chi connectivity index (χ1v) is 5.89. The number of benzene rings is 1. The maximum absolute atomic E-state index is 5.48. The molecule has 1 aromatic heterocycles. The van der Waals surface area contributed by atoms with Gasteiger partial charge in [0.05, 0.1) is 6.61 Å². The van der Waals surface area contributed by atoms with Crippen molar-refractivity contribution in [2.24, 2.45) is 0 Å². The molecule has 0 unspecified atom stereocenters. The lowest BCUT2D eigenvalue weighted by Crippen LogP contribution is -1.98. The van der Waals surface area contributed by atoms with Crippen molar-refractivity contribution < 1.29 is 4.74 Å². The predicted molar refractivity (Wildman–Crippen MR) is 62.4 cm³/mol. The molecule has 2 aromatic rings. The van der Waals surface area contributed by atoms with Gasteiger partial charge in [0.15, 0.2) is 0 Å². The molecule has 1 heterocycles. The molecule has 2 nitrogen and oxygen atoms in total. The van der Waals surface area contributed by atoms with Crippen molar-refractivity contribution in [3.63, 3.8) is 0 Å². The Hall–Kier alpha value is -1.35. The summed E-state index contributed by atoms with van der Waals surface area (Å²) in [5.41, 5.74) is 1.36. The fraction of sp³-hybridized carbons (Fsp3) is 0.250. The second kappa shape index (κ2) is 5.51. The van der Waals surface area contributed by atoms with E-state index >= 15 is 0 Å². The van der Waals surface area contributed by atoms with E-state index < -0.39 is 0 Å². The van der Waals surface area contributed by atoms with Crippen LogP contribution >= 0.6 is 11.3 Å². The molecule has 0 radical (unpaired) electrons. The first kappa shape index (κ1) is 10.2. The van der Waals surface area contributed by atoms with E-state index in [1.165, 1.54) is 16.9 Å². The maximum atomic E-state index is 5.48. The minimum Gasteiger partial charge on any atom is -0.470 e. The maximum Gasteiger partial charge on any atom is 0.273 e. The third kappa shape index (κ3) is 3.36. The van der Waals surface area contributed by atoms with E-state index in [0.29, 0.717) is 0 Å². The van der Waals surface area contributed by atoms with Gasteiger partial charge in [-0.05, 0) is 18.4 Å². The third-order valence-corrected chi connectivity index (χ3v) is 2.77. The van der Waals surface area contributed by atoms with Gasteiger partial charge in [-0.3, -0.25) is 0 Å². The van der Waals surface area contributed by atoms with Gasteiger partial charge in [-0.25, -0.2) is 4.98 Å². The average Bonchev–Trinajstić information content (AvgIpc) is 2.79. The van der Waals surface area contributed by atoms with Crippen molar-refractivity contribution in [1.82, 2.24) is 4.98 Å². The van der Waals surface area contributed by atoms with Crippen LogP contribution in [0.2, 0.25) is 0 Å². The summed E-state index contributed by atoms with van der Waals surface area (Å²) in [6.07, 6.45) is 3.85. The van der Waals surface area contributed by atoms with Gasteiger partial charge in [0.2, 0.25) is 0 Å². The molecule has 1 aromatic carbocycles. The predicted octanol–water partition coefficient (Wildman–Crippen LogP) is 3.15. The normalized spacial score (nSPS) is 10.1. The zero-order valence-electron chi connectivity index (χ0n) is 8.43. The van der Waals surface area contributed by atoms with Crippen LogP contribution in [0.25, 0.3) is 0 Å². The van der Waals surface area contributed by atoms with Gasteiger partial charge in [0.1, 0.15) is 0 Å². The lowest BCUT2D eigenvalue weighted by Gasteiger charge is -2.02. The summed E-state index contributed by atoms with van der Waals surface area (Å²) < 4.78 is 5.48. The van der Waals surface area contributed by atoms with E-state index in [1.54, 1.807) is 6.20 Å². The molecule has 0 saturated heterocycles. The molecule has 0 aliphatic rings. The molecule has 0 spiro atoms.